The Kier molecular flexibility index (Phi) is 6.16. The summed E-state index contributed by atoms with van der Waals surface area (Å²) in [5.41, 5.74) is 0.762. The molecule has 0 heterocycles. The van der Waals surface area contributed by atoms with Crippen LogP contribution in [0.5, 0.6) is 5.75 Å². The maximum absolute atomic E-state index is 12.4. The number of ether oxygens (including phenoxy) is 1. The van der Waals surface area contributed by atoms with Crippen LogP contribution in [0.2, 0.25) is 5.02 Å². The quantitative estimate of drug-likeness (QED) is 0.766. The molecule has 0 aliphatic rings. The Bertz CT molecular complexity index is 648. The minimum Gasteiger partial charge on any atom is -0.479 e. The minimum absolute atomic E-state index is 0.180. The van der Waals surface area contributed by atoms with Gasteiger partial charge in [0.05, 0.1) is 5.02 Å². The van der Waals surface area contributed by atoms with Crippen LogP contribution in [0.3, 0.4) is 0 Å². The number of carbonyl (C=O) groups is 1. The molecule has 0 saturated heterocycles. The number of benzene rings is 2. The summed E-state index contributed by atoms with van der Waals surface area (Å²) in [6.45, 7) is 1.90. The van der Waals surface area contributed by atoms with E-state index in [0.717, 1.165) is 10.6 Å². The molecule has 0 radical (unpaired) electrons. The van der Waals surface area contributed by atoms with E-state index < -0.39 is 6.10 Å². The lowest BCUT2D eigenvalue weighted by molar-refractivity contribution is -0.122. The fraction of sp³-hybridized carbons (Fsp3) is 0.235. The summed E-state index contributed by atoms with van der Waals surface area (Å²) in [5, 5.41) is 3.39. The van der Waals surface area contributed by atoms with Crippen molar-refractivity contribution in [2.24, 2.45) is 0 Å². The van der Waals surface area contributed by atoms with Gasteiger partial charge in [0, 0.05) is 10.6 Å². The van der Waals surface area contributed by atoms with E-state index in [1.807, 2.05) is 49.6 Å². The number of carbonyl (C=O) groups excluding carboxylic acids is 1. The fourth-order valence-corrected chi connectivity index (χ4v) is 2.58. The molecular weight excluding hydrogens is 318 g/mol. The number of nitrogens with one attached hydrogen (secondary N) is 1. The van der Waals surface area contributed by atoms with Gasteiger partial charge < -0.3 is 10.1 Å². The van der Waals surface area contributed by atoms with E-state index in [1.54, 1.807) is 23.9 Å². The standard InChI is InChI=1S/C17H18ClNO2S/c1-3-15(21-16-10-5-4-9-14(16)18)17(20)19-12-7-6-8-13(11-12)22-2/h4-11,15H,3H2,1-2H3,(H,19,20)/t15-/m1/s1. The molecule has 22 heavy (non-hydrogen) atoms. The van der Waals surface area contributed by atoms with E-state index in [1.165, 1.54) is 0 Å². The molecule has 5 heteroatoms. The van der Waals surface area contributed by atoms with Crippen LogP contribution in [0.15, 0.2) is 53.4 Å². The van der Waals surface area contributed by atoms with Crippen LogP contribution in [0.4, 0.5) is 5.69 Å². The number of para-hydroxylation sites is 1. The van der Waals surface area contributed by atoms with Gasteiger partial charge in [0.15, 0.2) is 6.10 Å². The van der Waals surface area contributed by atoms with Crippen molar-refractivity contribution in [3.8, 4) is 5.75 Å². The van der Waals surface area contributed by atoms with E-state index in [0.29, 0.717) is 17.2 Å². The number of rotatable bonds is 6. The molecule has 0 fully saturated rings. The minimum atomic E-state index is -0.585. The van der Waals surface area contributed by atoms with Crippen molar-refractivity contribution in [2.75, 3.05) is 11.6 Å². The SMILES string of the molecule is CC[C@@H](Oc1ccccc1Cl)C(=O)Nc1cccc(SC)c1. The smallest absolute Gasteiger partial charge is 0.265 e. The molecule has 0 saturated carbocycles. The second-order valence-corrected chi connectivity index (χ2v) is 5.95. The maximum Gasteiger partial charge on any atom is 0.265 e. The van der Waals surface area contributed by atoms with Crippen molar-refractivity contribution in [3.63, 3.8) is 0 Å². The Morgan fingerprint density at radius 2 is 2.05 bits per heavy atom. The topological polar surface area (TPSA) is 38.3 Å². The van der Waals surface area contributed by atoms with E-state index >= 15 is 0 Å². The third-order valence-corrected chi connectivity index (χ3v) is 4.14. The average molecular weight is 336 g/mol. The average Bonchev–Trinajstić information content (AvgIpc) is 2.54. The highest BCUT2D eigenvalue weighted by atomic mass is 35.5. The van der Waals surface area contributed by atoms with E-state index in [2.05, 4.69) is 5.32 Å². The Hall–Kier alpha value is -1.65. The third-order valence-electron chi connectivity index (χ3n) is 3.11. The molecule has 1 amide bonds. The van der Waals surface area contributed by atoms with E-state index in [9.17, 15) is 4.79 Å². The predicted molar refractivity (Wildman–Crippen MR) is 93.0 cm³/mol. The normalized spacial score (nSPS) is 11.8. The number of halogens is 1. The first-order valence-corrected chi connectivity index (χ1v) is 8.60. The van der Waals surface area contributed by atoms with Gasteiger partial charge >= 0.3 is 0 Å². The van der Waals surface area contributed by atoms with Crippen molar-refractivity contribution in [1.82, 2.24) is 0 Å². The van der Waals surface area contributed by atoms with Crippen LogP contribution >= 0.6 is 23.4 Å². The van der Waals surface area contributed by atoms with Gasteiger partial charge in [-0.25, -0.2) is 0 Å². The molecule has 3 nitrogen and oxygen atoms in total. The van der Waals surface area contributed by atoms with Crippen LogP contribution < -0.4 is 10.1 Å². The van der Waals surface area contributed by atoms with E-state index in [4.69, 9.17) is 16.3 Å². The summed E-state index contributed by atoms with van der Waals surface area (Å²) >= 11 is 7.70. The van der Waals surface area contributed by atoms with Crippen molar-refractivity contribution in [3.05, 3.63) is 53.6 Å². The summed E-state index contributed by atoms with van der Waals surface area (Å²) < 4.78 is 5.74. The fourth-order valence-electron chi connectivity index (χ4n) is 1.94. The van der Waals surface area contributed by atoms with E-state index in [-0.39, 0.29) is 5.91 Å². The highest BCUT2D eigenvalue weighted by molar-refractivity contribution is 7.98. The van der Waals surface area contributed by atoms with Crippen molar-refractivity contribution in [1.29, 1.82) is 0 Å². The van der Waals surface area contributed by atoms with Crippen LogP contribution in [0.25, 0.3) is 0 Å². The van der Waals surface area contributed by atoms with Gasteiger partial charge in [0.25, 0.3) is 5.91 Å². The first kappa shape index (κ1) is 16.7. The molecule has 0 aliphatic heterocycles. The Morgan fingerprint density at radius 3 is 2.73 bits per heavy atom. The molecule has 0 bridgehead atoms. The zero-order valence-electron chi connectivity index (χ0n) is 12.5. The van der Waals surface area contributed by atoms with Gasteiger partial charge in [0.2, 0.25) is 0 Å². The number of amides is 1. The lowest BCUT2D eigenvalue weighted by atomic mass is 10.2. The first-order chi connectivity index (χ1) is 10.6. The summed E-state index contributed by atoms with van der Waals surface area (Å²) in [5.74, 6) is 0.338. The molecule has 0 aromatic heterocycles. The monoisotopic (exact) mass is 335 g/mol. The van der Waals surface area contributed by atoms with Crippen molar-refractivity contribution >= 4 is 35.0 Å². The maximum atomic E-state index is 12.4. The van der Waals surface area contributed by atoms with Crippen molar-refractivity contribution in [2.45, 2.75) is 24.3 Å². The van der Waals surface area contributed by atoms with Gasteiger partial charge in [0.1, 0.15) is 5.75 Å². The Balaban J connectivity index is 2.07. The summed E-state index contributed by atoms with van der Waals surface area (Å²) in [6.07, 6.45) is 1.97. The molecule has 116 valence electrons. The largest absolute Gasteiger partial charge is 0.479 e. The molecule has 2 rings (SSSR count). The van der Waals surface area contributed by atoms with Gasteiger partial charge in [-0.1, -0.05) is 36.7 Å². The second kappa shape index (κ2) is 8.11. The lowest BCUT2D eigenvalue weighted by Gasteiger charge is -2.18. The molecule has 0 spiro atoms. The van der Waals surface area contributed by atoms with Crippen LogP contribution in [-0.4, -0.2) is 18.3 Å². The van der Waals surface area contributed by atoms with Gasteiger partial charge in [-0.15, -0.1) is 11.8 Å². The van der Waals surface area contributed by atoms with Gasteiger partial charge in [-0.05, 0) is 43.0 Å². The molecule has 1 atom stereocenters. The van der Waals surface area contributed by atoms with Crippen LogP contribution in [0, 0.1) is 0 Å². The lowest BCUT2D eigenvalue weighted by Crippen LogP contribution is -2.32. The number of hydrogen-bond donors (Lipinski definition) is 1. The number of anilines is 1. The molecule has 2 aromatic carbocycles. The highest BCUT2D eigenvalue weighted by Crippen LogP contribution is 2.25. The molecule has 2 aromatic rings. The molecular formula is C17H18ClNO2S. The molecule has 0 unspecified atom stereocenters. The predicted octanol–water partition coefficient (Wildman–Crippen LogP) is 4.86. The highest BCUT2D eigenvalue weighted by Gasteiger charge is 2.19. The first-order valence-electron chi connectivity index (χ1n) is 7.00. The summed E-state index contributed by atoms with van der Waals surface area (Å²) in [7, 11) is 0. The molecule has 0 aliphatic carbocycles. The summed E-state index contributed by atoms with van der Waals surface area (Å²) in [4.78, 5) is 13.5. The number of thioether (sulfide) groups is 1. The van der Waals surface area contributed by atoms with Gasteiger partial charge in [-0.2, -0.15) is 0 Å². The molecule has 1 N–H and O–H groups in total. The second-order valence-electron chi connectivity index (χ2n) is 4.67. The van der Waals surface area contributed by atoms with Gasteiger partial charge in [-0.3, -0.25) is 4.79 Å². The van der Waals surface area contributed by atoms with Crippen LogP contribution in [-0.2, 0) is 4.79 Å². The zero-order valence-corrected chi connectivity index (χ0v) is 14.1. The van der Waals surface area contributed by atoms with Crippen LogP contribution in [0.1, 0.15) is 13.3 Å². The third kappa shape index (κ3) is 4.42. The zero-order chi connectivity index (χ0) is 15.9. The Labute approximate surface area is 140 Å². The van der Waals surface area contributed by atoms with Crippen molar-refractivity contribution < 1.29 is 9.53 Å². The summed E-state index contributed by atoms with van der Waals surface area (Å²) in [6, 6.07) is 14.9. The Morgan fingerprint density at radius 1 is 1.27 bits per heavy atom. The number of hydrogen-bond acceptors (Lipinski definition) is 3.